The lowest BCUT2D eigenvalue weighted by Crippen LogP contribution is -2.15. The third-order valence-corrected chi connectivity index (χ3v) is 7.08. The minimum Gasteiger partial charge on any atom is -0.347 e. The van der Waals surface area contributed by atoms with Crippen LogP contribution in [0.25, 0.3) is 10.9 Å². The van der Waals surface area contributed by atoms with Crippen molar-refractivity contribution in [1.29, 1.82) is 0 Å². The molecule has 0 unspecified atom stereocenters. The molecule has 0 radical (unpaired) electrons. The number of nitrogens with one attached hydrogen (secondary N) is 2. The van der Waals surface area contributed by atoms with Crippen LogP contribution in [0, 0.1) is 3.57 Å². The minimum atomic E-state index is -3.75. The summed E-state index contributed by atoms with van der Waals surface area (Å²) in [6.45, 7) is 0.549. The Bertz CT molecular complexity index is 1290. The van der Waals surface area contributed by atoms with Crippen LogP contribution in [-0.4, -0.2) is 28.2 Å². The molecule has 0 atom stereocenters. The van der Waals surface area contributed by atoms with E-state index in [4.69, 9.17) is 0 Å². The van der Waals surface area contributed by atoms with Crippen LogP contribution in [0.2, 0.25) is 0 Å². The van der Waals surface area contributed by atoms with Crippen molar-refractivity contribution in [3.63, 3.8) is 0 Å². The van der Waals surface area contributed by atoms with Crippen LogP contribution in [0.5, 0.6) is 0 Å². The van der Waals surface area contributed by atoms with Gasteiger partial charge in [-0.1, -0.05) is 6.07 Å². The van der Waals surface area contributed by atoms with Crippen molar-refractivity contribution in [1.82, 2.24) is 13.9 Å². The molecule has 4 rings (SSSR count). The highest BCUT2D eigenvalue weighted by molar-refractivity contribution is 14.1. The van der Waals surface area contributed by atoms with Crippen LogP contribution in [0.3, 0.4) is 0 Å². The molecule has 0 aliphatic rings. The smallest absolute Gasteiger partial charge is 0.263 e. The molecule has 11 heteroatoms. The summed E-state index contributed by atoms with van der Waals surface area (Å²) in [4.78, 5) is 16.2. The molecule has 0 spiro atoms. The SMILES string of the molecule is O=C(CCn1ccc2ccc(I)cc21)Nc1ccc(S(=O)(=O)Nc2ncns2)cc1. The topological polar surface area (TPSA) is 106 Å². The molecular weight excluding hydrogens is 537 g/mol. The van der Waals surface area contributed by atoms with Crippen LogP contribution in [0.4, 0.5) is 10.8 Å². The number of anilines is 2. The molecule has 2 N–H and O–H groups in total. The molecule has 0 aliphatic carbocycles. The van der Waals surface area contributed by atoms with E-state index in [1.165, 1.54) is 18.5 Å². The van der Waals surface area contributed by atoms with Gasteiger partial charge in [-0.15, -0.1) is 0 Å². The number of amides is 1. The predicted molar refractivity (Wildman–Crippen MR) is 125 cm³/mol. The Labute approximate surface area is 190 Å². The summed E-state index contributed by atoms with van der Waals surface area (Å²) in [7, 11) is -3.75. The fourth-order valence-corrected chi connectivity index (χ4v) is 5.04. The quantitative estimate of drug-likeness (QED) is 0.338. The maximum Gasteiger partial charge on any atom is 0.263 e. The number of fused-ring (bicyclic) bond motifs is 1. The summed E-state index contributed by atoms with van der Waals surface area (Å²) in [5.41, 5.74) is 1.62. The molecule has 30 heavy (non-hydrogen) atoms. The fourth-order valence-electron chi connectivity index (χ4n) is 2.91. The van der Waals surface area contributed by atoms with Gasteiger partial charge in [0.1, 0.15) is 6.33 Å². The van der Waals surface area contributed by atoms with Gasteiger partial charge in [0.25, 0.3) is 10.0 Å². The summed E-state index contributed by atoms with van der Waals surface area (Å²) in [6.07, 6.45) is 3.55. The van der Waals surface area contributed by atoms with E-state index in [9.17, 15) is 13.2 Å². The van der Waals surface area contributed by atoms with E-state index in [-0.39, 0.29) is 15.9 Å². The molecule has 8 nitrogen and oxygen atoms in total. The number of nitrogens with zero attached hydrogens (tertiary/aromatic N) is 3. The average Bonchev–Trinajstić information content (AvgIpc) is 3.36. The normalized spacial score (nSPS) is 11.5. The van der Waals surface area contributed by atoms with Crippen LogP contribution >= 0.6 is 34.1 Å². The van der Waals surface area contributed by atoms with Crippen LogP contribution in [0.15, 0.2) is 66.0 Å². The summed E-state index contributed by atoms with van der Waals surface area (Å²) >= 11 is 3.22. The Hall–Kier alpha value is -2.51. The second-order valence-electron chi connectivity index (χ2n) is 6.39. The first-order valence-electron chi connectivity index (χ1n) is 8.84. The van der Waals surface area contributed by atoms with Crippen molar-refractivity contribution in [3.05, 3.63) is 64.6 Å². The zero-order valence-electron chi connectivity index (χ0n) is 15.4. The third-order valence-electron chi connectivity index (χ3n) is 4.35. The van der Waals surface area contributed by atoms with Gasteiger partial charge in [0.15, 0.2) is 0 Å². The fraction of sp³-hybridized carbons (Fsp3) is 0.105. The lowest BCUT2D eigenvalue weighted by Gasteiger charge is -2.09. The molecule has 0 bridgehead atoms. The number of rotatable bonds is 7. The second kappa shape index (κ2) is 8.70. The Morgan fingerprint density at radius 3 is 2.67 bits per heavy atom. The Kier molecular flexibility index (Phi) is 6.01. The monoisotopic (exact) mass is 553 g/mol. The van der Waals surface area contributed by atoms with Crippen molar-refractivity contribution in [3.8, 4) is 0 Å². The number of aromatic nitrogens is 3. The van der Waals surface area contributed by atoms with Gasteiger partial charge in [0.2, 0.25) is 11.0 Å². The first kappa shape index (κ1) is 20.8. The summed E-state index contributed by atoms with van der Waals surface area (Å²) in [6, 6.07) is 14.2. The van der Waals surface area contributed by atoms with Crippen LogP contribution in [-0.2, 0) is 21.4 Å². The van der Waals surface area contributed by atoms with Crippen molar-refractivity contribution in [2.75, 3.05) is 10.0 Å². The Morgan fingerprint density at radius 2 is 1.93 bits per heavy atom. The molecule has 0 aliphatic heterocycles. The Morgan fingerprint density at radius 1 is 1.13 bits per heavy atom. The highest BCUT2D eigenvalue weighted by atomic mass is 127. The molecule has 2 aromatic carbocycles. The largest absolute Gasteiger partial charge is 0.347 e. The van der Waals surface area contributed by atoms with E-state index in [1.807, 2.05) is 22.9 Å². The molecule has 2 heterocycles. The standard InChI is InChI=1S/C19H16IN5O3S2/c20-14-2-1-13-7-9-25(17(13)11-14)10-8-18(26)23-15-3-5-16(6-4-15)30(27,28)24-19-21-12-22-29-19/h1-7,9,11-12H,8,10H2,(H,23,26)(H,21,22,24). The molecule has 0 fully saturated rings. The van der Waals surface area contributed by atoms with Gasteiger partial charge in [-0.2, -0.15) is 4.37 Å². The lowest BCUT2D eigenvalue weighted by molar-refractivity contribution is -0.116. The van der Waals surface area contributed by atoms with Crippen LogP contribution in [0.1, 0.15) is 6.42 Å². The van der Waals surface area contributed by atoms with Crippen molar-refractivity contribution in [2.45, 2.75) is 17.9 Å². The predicted octanol–water partition coefficient (Wildman–Crippen LogP) is 3.93. The highest BCUT2D eigenvalue weighted by Gasteiger charge is 2.16. The molecule has 0 saturated carbocycles. The van der Waals surface area contributed by atoms with E-state index < -0.39 is 10.0 Å². The minimum absolute atomic E-state index is 0.0733. The number of carbonyl (C=O) groups excluding carboxylic acids is 1. The second-order valence-corrected chi connectivity index (χ2v) is 10.1. The zero-order chi connectivity index (χ0) is 21.1. The van der Waals surface area contributed by atoms with Gasteiger partial charge in [-0.3, -0.25) is 9.52 Å². The summed E-state index contributed by atoms with van der Waals surface area (Å²) < 4.78 is 34.0. The number of halogens is 1. The van der Waals surface area contributed by atoms with Crippen molar-refractivity contribution >= 4 is 71.8 Å². The molecule has 4 aromatic rings. The number of aryl methyl sites for hydroxylation is 1. The molecule has 2 aromatic heterocycles. The van der Waals surface area contributed by atoms with E-state index >= 15 is 0 Å². The highest BCUT2D eigenvalue weighted by Crippen LogP contribution is 2.20. The van der Waals surface area contributed by atoms with Crippen LogP contribution < -0.4 is 10.0 Å². The van der Waals surface area contributed by atoms with Gasteiger partial charge < -0.3 is 9.88 Å². The lowest BCUT2D eigenvalue weighted by atomic mass is 10.2. The Balaban J connectivity index is 1.37. The first-order valence-corrected chi connectivity index (χ1v) is 12.2. The van der Waals surface area contributed by atoms with Crippen molar-refractivity contribution < 1.29 is 13.2 Å². The number of sulfonamides is 1. The van der Waals surface area contributed by atoms with E-state index in [0.717, 1.165) is 26.0 Å². The van der Waals surface area contributed by atoms with Gasteiger partial charge >= 0.3 is 0 Å². The number of benzene rings is 2. The maximum atomic E-state index is 12.3. The molecule has 154 valence electrons. The average molecular weight is 553 g/mol. The van der Waals surface area contributed by atoms with E-state index in [0.29, 0.717) is 18.7 Å². The number of hydrogen-bond donors (Lipinski definition) is 2. The van der Waals surface area contributed by atoms with Gasteiger partial charge in [-0.05, 0) is 70.4 Å². The van der Waals surface area contributed by atoms with Gasteiger partial charge in [0, 0.05) is 45.5 Å². The summed E-state index contributed by atoms with van der Waals surface area (Å²) in [5.74, 6) is -0.148. The van der Waals surface area contributed by atoms with Gasteiger partial charge in [0.05, 0.1) is 4.90 Å². The maximum absolute atomic E-state index is 12.3. The zero-order valence-corrected chi connectivity index (χ0v) is 19.2. The summed E-state index contributed by atoms with van der Waals surface area (Å²) in [5, 5.41) is 4.13. The number of carbonyl (C=O) groups is 1. The third kappa shape index (κ3) is 4.79. The first-order chi connectivity index (χ1) is 14.4. The molecule has 0 saturated heterocycles. The number of hydrogen-bond acceptors (Lipinski definition) is 6. The van der Waals surface area contributed by atoms with Crippen molar-refractivity contribution in [2.24, 2.45) is 0 Å². The van der Waals surface area contributed by atoms with E-state index in [1.54, 1.807) is 12.1 Å². The molecular formula is C19H16IN5O3S2. The van der Waals surface area contributed by atoms with E-state index in [2.05, 4.69) is 54.1 Å². The van der Waals surface area contributed by atoms with Gasteiger partial charge in [-0.25, -0.2) is 13.4 Å². The molecule has 1 amide bonds.